The molecule has 1 atom stereocenters. The highest BCUT2D eigenvalue weighted by Gasteiger charge is 2.19. The van der Waals surface area contributed by atoms with Crippen LogP contribution in [0.15, 0.2) is 10.9 Å². The van der Waals surface area contributed by atoms with E-state index in [4.69, 9.17) is 4.74 Å². The Morgan fingerprint density at radius 3 is 2.67 bits per heavy atom. The number of ketones is 1. The molecule has 1 amide bonds. The van der Waals surface area contributed by atoms with Crippen LogP contribution in [0.25, 0.3) is 0 Å². The van der Waals surface area contributed by atoms with Crippen LogP contribution in [0.3, 0.4) is 0 Å². The van der Waals surface area contributed by atoms with Gasteiger partial charge in [0.1, 0.15) is 11.3 Å². The van der Waals surface area contributed by atoms with Crippen LogP contribution < -0.4 is 5.32 Å². The summed E-state index contributed by atoms with van der Waals surface area (Å²) in [6.07, 6.45) is -0.302. The molecule has 0 aliphatic carbocycles. The van der Waals surface area contributed by atoms with Crippen LogP contribution in [0.4, 0.5) is 4.79 Å². The summed E-state index contributed by atoms with van der Waals surface area (Å²) in [4.78, 5) is 27.1. The van der Waals surface area contributed by atoms with Gasteiger partial charge < -0.3 is 10.1 Å². The molecule has 0 aliphatic heterocycles. The van der Waals surface area contributed by atoms with E-state index < -0.39 is 11.7 Å². The summed E-state index contributed by atoms with van der Waals surface area (Å²) >= 11 is 1.37. The first-order chi connectivity index (χ1) is 8.28. The molecule has 0 fully saturated rings. The second kappa shape index (κ2) is 5.95. The van der Waals surface area contributed by atoms with Gasteiger partial charge in [-0.15, -0.1) is 11.3 Å². The number of amides is 1. The van der Waals surface area contributed by atoms with E-state index in [0.717, 1.165) is 0 Å². The summed E-state index contributed by atoms with van der Waals surface area (Å²) in [5.74, 6) is -0.0835. The fraction of sp³-hybridized carbons (Fsp3) is 0.583. The van der Waals surface area contributed by atoms with Crippen LogP contribution in [0.2, 0.25) is 0 Å². The number of nitrogens with zero attached hydrogens (tertiary/aromatic N) is 1. The fourth-order valence-corrected chi connectivity index (χ4v) is 1.85. The van der Waals surface area contributed by atoms with Crippen molar-refractivity contribution in [1.82, 2.24) is 10.3 Å². The third kappa shape index (κ3) is 5.27. The van der Waals surface area contributed by atoms with Crippen LogP contribution >= 0.6 is 11.3 Å². The van der Waals surface area contributed by atoms with Crippen molar-refractivity contribution in [3.63, 3.8) is 0 Å². The molecule has 0 saturated carbocycles. The van der Waals surface area contributed by atoms with Crippen molar-refractivity contribution in [1.29, 1.82) is 0 Å². The number of carbonyl (C=O) groups is 2. The maximum atomic E-state index is 11.7. The minimum absolute atomic E-state index is 0.0835. The molecule has 1 rings (SSSR count). The van der Waals surface area contributed by atoms with Crippen LogP contribution in [0, 0.1) is 0 Å². The zero-order chi connectivity index (χ0) is 13.8. The standard InChI is InChI=1S/C12H18N2O3S/c1-8(14-11(16)17-12(2,3)4)5-10(15)9-6-18-7-13-9/h6-8H,5H2,1-4H3,(H,14,16)/t8-/m1/s1. The second-order valence-corrected chi connectivity index (χ2v) is 5.77. The van der Waals surface area contributed by atoms with Gasteiger partial charge in [0, 0.05) is 17.8 Å². The van der Waals surface area contributed by atoms with Crippen LogP contribution in [0.1, 0.15) is 44.6 Å². The number of thiazole rings is 1. The predicted molar refractivity (Wildman–Crippen MR) is 69.9 cm³/mol. The molecule has 0 unspecified atom stereocenters. The number of rotatable bonds is 4. The number of Topliss-reactive ketones (excluding diaryl/α,β-unsaturated/α-hetero) is 1. The summed E-state index contributed by atoms with van der Waals surface area (Å²) in [5.41, 5.74) is 1.51. The summed E-state index contributed by atoms with van der Waals surface area (Å²) in [6.45, 7) is 7.13. The highest BCUT2D eigenvalue weighted by atomic mass is 32.1. The lowest BCUT2D eigenvalue weighted by Crippen LogP contribution is -2.38. The lowest BCUT2D eigenvalue weighted by Gasteiger charge is -2.21. The van der Waals surface area contributed by atoms with E-state index in [0.29, 0.717) is 5.69 Å². The molecule has 0 radical (unpaired) electrons. The summed E-state index contributed by atoms with van der Waals surface area (Å²) in [6, 6.07) is -0.283. The van der Waals surface area contributed by atoms with Gasteiger partial charge in [0.2, 0.25) is 0 Å². The van der Waals surface area contributed by atoms with Gasteiger partial charge in [0.15, 0.2) is 5.78 Å². The predicted octanol–water partition coefficient (Wildman–Crippen LogP) is 2.63. The van der Waals surface area contributed by atoms with Gasteiger partial charge in [0.05, 0.1) is 5.51 Å². The number of hydrogen-bond acceptors (Lipinski definition) is 5. The monoisotopic (exact) mass is 270 g/mol. The van der Waals surface area contributed by atoms with Crippen LogP contribution in [-0.4, -0.2) is 28.5 Å². The number of ether oxygens (including phenoxy) is 1. The number of nitrogens with one attached hydrogen (secondary N) is 1. The van der Waals surface area contributed by atoms with Gasteiger partial charge in [-0.1, -0.05) is 0 Å². The van der Waals surface area contributed by atoms with Crippen LogP contribution in [0.5, 0.6) is 0 Å². The van der Waals surface area contributed by atoms with Crippen molar-refractivity contribution in [2.75, 3.05) is 0 Å². The van der Waals surface area contributed by atoms with E-state index in [9.17, 15) is 9.59 Å². The van der Waals surface area contributed by atoms with Crippen molar-refractivity contribution in [3.8, 4) is 0 Å². The maximum Gasteiger partial charge on any atom is 0.407 e. The zero-order valence-electron chi connectivity index (χ0n) is 11.0. The Morgan fingerprint density at radius 2 is 2.17 bits per heavy atom. The first kappa shape index (κ1) is 14.6. The first-order valence-corrected chi connectivity index (χ1v) is 6.63. The average Bonchev–Trinajstić information content (AvgIpc) is 2.65. The van der Waals surface area contributed by atoms with E-state index in [1.807, 2.05) is 0 Å². The molecule has 6 heteroatoms. The van der Waals surface area contributed by atoms with Crippen molar-refractivity contribution in [2.45, 2.75) is 45.8 Å². The molecule has 1 aromatic rings. The molecule has 1 N–H and O–H groups in total. The molecule has 1 aromatic heterocycles. The minimum Gasteiger partial charge on any atom is -0.444 e. The highest BCUT2D eigenvalue weighted by Crippen LogP contribution is 2.09. The molecular formula is C12H18N2O3S. The van der Waals surface area contributed by atoms with E-state index >= 15 is 0 Å². The van der Waals surface area contributed by atoms with Gasteiger partial charge in [0.25, 0.3) is 0 Å². The fourth-order valence-electron chi connectivity index (χ4n) is 1.29. The average molecular weight is 270 g/mol. The number of carbonyl (C=O) groups excluding carboxylic acids is 2. The Balaban J connectivity index is 2.40. The lowest BCUT2D eigenvalue weighted by atomic mass is 10.1. The van der Waals surface area contributed by atoms with E-state index in [1.165, 1.54) is 11.3 Å². The van der Waals surface area contributed by atoms with E-state index in [-0.39, 0.29) is 18.2 Å². The Labute approximate surface area is 111 Å². The van der Waals surface area contributed by atoms with Gasteiger partial charge in [-0.2, -0.15) is 0 Å². The van der Waals surface area contributed by atoms with E-state index in [2.05, 4.69) is 10.3 Å². The molecule has 0 spiro atoms. The van der Waals surface area contributed by atoms with Crippen LogP contribution in [-0.2, 0) is 4.74 Å². The molecule has 100 valence electrons. The molecule has 5 nitrogen and oxygen atoms in total. The third-order valence-electron chi connectivity index (χ3n) is 1.97. The second-order valence-electron chi connectivity index (χ2n) is 5.05. The number of aromatic nitrogens is 1. The largest absolute Gasteiger partial charge is 0.444 e. The van der Waals surface area contributed by atoms with Crippen molar-refractivity contribution in [2.24, 2.45) is 0 Å². The summed E-state index contributed by atoms with van der Waals surface area (Å²) in [5, 5.41) is 4.32. The van der Waals surface area contributed by atoms with E-state index in [1.54, 1.807) is 38.6 Å². The van der Waals surface area contributed by atoms with Crippen molar-refractivity contribution < 1.29 is 14.3 Å². The van der Waals surface area contributed by atoms with Gasteiger partial charge >= 0.3 is 6.09 Å². The smallest absolute Gasteiger partial charge is 0.407 e. The summed E-state index contributed by atoms with van der Waals surface area (Å²) in [7, 11) is 0. The Hall–Kier alpha value is -1.43. The molecular weight excluding hydrogens is 252 g/mol. The van der Waals surface area contributed by atoms with Gasteiger partial charge in [-0.25, -0.2) is 9.78 Å². The molecule has 0 bridgehead atoms. The number of alkyl carbamates (subject to hydrolysis) is 1. The first-order valence-electron chi connectivity index (χ1n) is 5.69. The zero-order valence-corrected chi connectivity index (χ0v) is 11.8. The normalized spacial score (nSPS) is 12.9. The molecule has 0 aromatic carbocycles. The molecule has 0 saturated heterocycles. The Morgan fingerprint density at radius 1 is 1.50 bits per heavy atom. The lowest BCUT2D eigenvalue weighted by molar-refractivity contribution is 0.0506. The van der Waals surface area contributed by atoms with Gasteiger partial charge in [-0.05, 0) is 27.7 Å². The Bertz CT molecular complexity index is 409. The molecule has 1 heterocycles. The summed E-state index contributed by atoms with van der Waals surface area (Å²) < 4.78 is 5.11. The van der Waals surface area contributed by atoms with Crippen molar-refractivity contribution >= 4 is 23.2 Å². The molecule has 0 aliphatic rings. The third-order valence-corrected chi connectivity index (χ3v) is 2.56. The Kier molecular flexibility index (Phi) is 4.84. The quantitative estimate of drug-likeness (QED) is 0.854. The number of hydrogen-bond donors (Lipinski definition) is 1. The van der Waals surface area contributed by atoms with Gasteiger partial charge in [-0.3, -0.25) is 4.79 Å². The van der Waals surface area contributed by atoms with Crippen molar-refractivity contribution in [3.05, 3.63) is 16.6 Å². The molecule has 18 heavy (non-hydrogen) atoms. The highest BCUT2D eigenvalue weighted by molar-refractivity contribution is 7.07. The topological polar surface area (TPSA) is 68.3 Å². The maximum absolute atomic E-state index is 11.7. The SMILES string of the molecule is C[C@H](CC(=O)c1cscn1)NC(=O)OC(C)(C)C. The minimum atomic E-state index is -0.539.